The fraction of sp³-hybridized carbons (Fsp3) is 0.714. The summed E-state index contributed by atoms with van der Waals surface area (Å²) in [6, 6.07) is -0.527. The van der Waals surface area contributed by atoms with Crippen molar-refractivity contribution in [2.75, 3.05) is 26.3 Å². The van der Waals surface area contributed by atoms with Crippen molar-refractivity contribution < 1.29 is 14.3 Å². The summed E-state index contributed by atoms with van der Waals surface area (Å²) in [6.45, 7) is 1.30. The molecule has 1 saturated heterocycles. The molecule has 4 N–H and O–H groups in total. The van der Waals surface area contributed by atoms with Crippen molar-refractivity contribution in [3.8, 4) is 0 Å². The molecule has 6 heteroatoms. The van der Waals surface area contributed by atoms with Gasteiger partial charge >= 0.3 is 0 Å². The maximum Gasteiger partial charge on any atom is 0.237 e. The topological polar surface area (TPSA) is 98.7 Å². The highest BCUT2D eigenvalue weighted by atomic mass is 16.5. The lowest BCUT2D eigenvalue weighted by molar-refractivity contribution is -0.131. The predicted molar refractivity (Wildman–Crippen MR) is 44.6 cm³/mol. The lowest BCUT2D eigenvalue weighted by Gasteiger charge is -2.32. The number of carbonyl (C=O) groups excluding carboxylic acids is 2. The standard InChI is InChI=1S/C7H13N3O3/c8-6(11)3-10-1-2-13-4-5(10)7(9)12/h5H,1-4H2,(H2,8,11)(H2,9,12). The van der Waals surface area contributed by atoms with E-state index in [1.807, 2.05) is 0 Å². The van der Waals surface area contributed by atoms with E-state index in [9.17, 15) is 9.59 Å². The van der Waals surface area contributed by atoms with Gasteiger partial charge in [-0.1, -0.05) is 0 Å². The maximum absolute atomic E-state index is 10.9. The number of rotatable bonds is 3. The molecule has 0 saturated carbocycles. The summed E-state index contributed by atoms with van der Waals surface area (Å²) in [4.78, 5) is 23.2. The maximum atomic E-state index is 10.9. The van der Waals surface area contributed by atoms with Crippen LogP contribution in [0.2, 0.25) is 0 Å². The minimum absolute atomic E-state index is 0.0525. The lowest BCUT2D eigenvalue weighted by Crippen LogP contribution is -2.54. The van der Waals surface area contributed by atoms with Crippen molar-refractivity contribution in [3.63, 3.8) is 0 Å². The lowest BCUT2D eigenvalue weighted by atomic mass is 10.2. The molecule has 1 aliphatic rings. The Morgan fingerprint density at radius 3 is 2.69 bits per heavy atom. The Morgan fingerprint density at radius 2 is 2.15 bits per heavy atom. The molecule has 0 spiro atoms. The summed E-state index contributed by atoms with van der Waals surface area (Å²) in [5.74, 6) is -0.950. The number of carbonyl (C=O) groups is 2. The Labute approximate surface area is 75.8 Å². The number of primary amides is 2. The number of amides is 2. The van der Waals surface area contributed by atoms with Crippen LogP contribution in [0.15, 0.2) is 0 Å². The zero-order valence-corrected chi connectivity index (χ0v) is 7.23. The molecule has 0 aromatic heterocycles. The number of nitrogens with two attached hydrogens (primary N) is 2. The molecule has 1 aliphatic heterocycles. The third-order valence-electron chi connectivity index (χ3n) is 1.93. The minimum atomic E-state index is -0.527. The summed E-state index contributed by atoms with van der Waals surface area (Å²) in [5.41, 5.74) is 10.1. The van der Waals surface area contributed by atoms with Crippen LogP contribution in [0, 0.1) is 0 Å². The zero-order chi connectivity index (χ0) is 9.84. The highest BCUT2D eigenvalue weighted by Gasteiger charge is 2.28. The van der Waals surface area contributed by atoms with Gasteiger partial charge in [0.05, 0.1) is 19.8 Å². The summed E-state index contributed by atoms with van der Waals surface area (Å²) in [6.07, 6.45) is 0. The van der Waals surface area contributed by atoms with Crippen molar-refractivity contribution in [2.24, 2.45) is 11.5 Å². The molecule has 74 valence electrons. The second kappa shape index (κ2) is 4.20. The van der Waals surface area contributed by atoms with Crippen LogP contribution in [0.25, 0.3) is 0 Å². The summed E-state index contributed by atoms with van der Waals surface area (Å²) in [7, 11) is 0. The van der Waals surface area contributed by atoms with E-state index < -0.39 is 17.9 Å². The highest BCUT2D eigenvalue weighted by molar-refractivity contribution is 5.82. The Kier molecular flexibility index (Phi) is 3.21. The molecule has 1 heterocycles. The summed E-state index contributed by atoms with van der Waals surface area (Å²) < 4.78 is 5.06. The molecule has 0 aromatic rings. The number of hydrogen-bond acceptors (Lipinski definition) is 4. The van der Waals surface area contributed by atoms with Gasteiger partial charge in [0.25, 0.3) is 0 Å². The second-order valence-corrected chi connectivity index (χ2v) is 2.93. The van der Waals surface area contributed by atoms with Gasteiger partial charge in [-0.05, 0) is 0 Å². The molecule has 0 aromatic carbocycles. The smallest absolute Gasteiger partial charge is 0.237 e. The number of morpholine rings is 1. The molecule has 0 radical (unpaired) electrons. The average molecular weight is 187 g/mol. The van der Waals surface area contributed by atoms with Gasteiger partial charge in [-0.2, -0.15) is 0 Å². The average Bonchev–Trinajstić information content (AvgIpc) is 2.03. The molecule has 0 aliphatic carbocycles. The number of nitrogens with zero attached hydrogens (tertiary/aromatic N) is 1. The highest BCUT2D eigenvalue weighted by Crippen LogP contribution is 2.05. The first-order chi connectivity index (χ1) is 6.11. The molecule has 1 unspecified atom stereocenters. The van der Waals surface area contributed by atoms with Crippen LogP contribution in [-0.4, -0.2) is 49.1 Å². The minimum Gasteiger partial charge on any atom is -0.378 e. The van der Waals surface area contributed by atoms with Crippen LogP contribution in [-0.2, 0) is 14.3 Å². The van der Waals surface area contributed by atoms with Crippen LogP contribution < -0.4 is 11.5 Å². The molecule has 1 fully saturated rings. The van der Waals surface area contributed by atoms with Crippen LogP contribution in [0.4, 0.5) is 0 Å². The van der Waals surface area contributed by atoms with Gasteiger partial charge in [0.1, 0.15) is 6.04 Å². The van der Waals surface area contributed by atoms with E-state index in [4.69, 9.17) is 16.2 Å². The second-order valence-electron chi connectivity index (χ2n) is 2.93. The third-order valence-corrected chi connectivity index (χ3v) is 1.93. The monoisotopic (exact) mass is 187 g/mol. The largest absolute Gasteiger partial charge is 0.378 e. The Morgan fingerprint density at radius 1 is 1.46 bits per heavy atom. The molecular formula is C7H13N3O3. The van der Waals surface area contributed by atoms with Crippen LogP contribution >= 0.6 is 0 Å². The summed E-state index contributed by atoms with van der Waals surface area (Å²) >= 11 is 0. The predicted octanol–water partition coefficient (Wildman–Crippen LogP) is -2.34. The summed E-state index contributed by atoms with van der Waals surface area (Å²) in [5, 5.41) is 0. The van der Waals surface area contributed by atoms with E-state index in [-0.39, 0.29) is 13.2 Å². The fourth-order valence-electron chi connectivity index (χ4n) is 1.29. The molecule has 0 bridgehead atoms. The molecule has 2 amide bonds. The SMILES string of the molecule is NC(=O)CN1CCOCC1C(N)=O. The Bertz CT molecular complexity index is 219. The Balaban J connectivity index is 2.56. The van der Waals surface area contributed by atoms with Gasteiger partial charge in [-0.15, -0.1) is 0 Å². The molecular weight excluding hydrogens is 174 g/mol. The van der Waals surface area contributed by atoms with Crippen molar-refractivity contribution in [1.82, 2.24) is 4.90 Å². The van der Waals surface area contributed by atoms with Gasteiger partial charge in [-0.3, -0.25) is 14.5 Å². The third kappa shape index (κ3) is 2.67. The van der Waals surface area contributed by atoms with Crippen molar-refractivity contribution >= 4 is 11.8 Å². The van der Waals surface area contributed by atoms with Crippen molar-refractivity contribution in [1.29, 1.82) is 0 Å². The van der Waals surface area contributed by atoms with E-state index in [0.29, 0.717) is 13.2 Å². The first kappa shape index (κ1) is 9.94. The molecule has 1 atom stereocenters. The number of hydrogen-bond donors (Lipinski definition) is 2. The van der Waals surface area contributed by atoms with Gasteiger partial charge in [-0.25, -0.2) is 0 Å². The normalized spacial score (nSPS) is 24.2. The van der Waals surface area contributed by atoms with Crippen molar-refractivity contribution in [2.45, 2.75) is 6.04 Å². The molecule has 1 rings (SSSR count). The van der Waals surface area contributed by atoms with Crippen LogP contribution in [0.3, 0.4) is 0 Å². The van der Waals surface area contributed by atoms with E-state index in [1.165, 1.54) is 0 Å². The van der Waals surface area contributed by atoms with Gasteiger partial charge in [0.2, 0.25) is 11.8 Å². The quantitative estimate of drug-likeness (QED) is 0.517. The van der Waals surface area contributed by atoms with E-state index >= 15 is 0 Å². The molecule has 6 nitrogen and oxygen atoms in total. The van der Waals surface area contributed by atoms with Crippen LogP contribution in [0.5, 0.6) is 0 Å². The van der Waals surface area contributed by atoms with Gasteiger partial charge in [0.15, 0.2) is 0 Å². The van der Waals surface area contributed by atoms with Crippen molar-refractivity contribution in [3.05, 3.63) is 0 Å². The van der Waals surface area contributed by atoms with E-state index in [1.54, 1.807) is 4.90 Å². The zero-order valence-electron chi connectivity index (χ0n) is 7.23. The Hall–Kier alpha value is -1.14. The van der Waals surface area contributed by atoms with Gasteiger partial charge in [0, 0.05) is 6.54 Å². The fourth-order valence-corrected chi connectivity index (χ4v) is 1.29. The first-order valence-corrected chi connectivity index (χ1v) is 4.00. The van der Waals surface area contributed by atoms with Crippen LogP contribution in [0.1, 0.15) is 0 Å². The first-order valence-electron chi connectivity index (χ1n) is 4.00. The molecule has 13 heavy (non-hydrogen) atoms. The van der Waals surface area contributed by atoms with Gasteiger partial charge < -0.3 is 16.2 Å². The number of ether oxygens (including phenoxy) is 1. The van der Waals surface area contributed by atoms with E-state index in [0.717, 1.165) is 0 Å². The van der Waals surface area contributed by atoms with E-state index in [2.05, 4.69) is 0 Å².